The number of carbonyl (C=O) groups is 1. The van der Waals surface area contributed by atoms with Gasteiger partial charge in [-0.05, 0) is 57.1 Å². The zero-order valence-electron chi connectivity index (χ0n) is 15.9. The number of hydrogen-bond donors (Lipinski definition) is 2. The number of unbranched alkanes of at least 4 members (excludes halogenated alkanes) is 2. The van der Waals surface area contributed by atoms with Crippen molar-refractivity contribution in [1.29, 1.82) is 0 Å². The Balaban J connectivity index is 2.17. The lowest BCUT2D eigenvalue weighted by Crippen LogP contribution is -2.45. The Kier molecular flexibility index (Phi) is 7.45. The Morgan fingerprint density at radius 1 is 1.23 bits per heavy atom. The lowest BCUT2D eigenvalue weighted by Gasteiger charge is -2.30. The molecule has 26 heavy (non-hydrogen) atoms. The van der Waals surface area contributed by atoms with Crippen LogP contribution in [0.4, 0.5) is 0 Å². The van der Waals surface area contributed by atoms with E-state index in [1.807, 2.05) is 45.0 Å². The largest absolute Gasteiger partial charge is 0.494 e. The van der Waals surface area contributed by atoms with Crippen molar-refractivity contribution in [3.63, 3.8) is 0 Å². The lowest BCUT2D eigenvalue weighted by atomic mass is 9.95. The highest BCUT2D eigenvalue weighted by molar-refractivity contribution is 7.80. The number of nitrogens with one attached hydrogen (secondary N) is 2. The van der Waals surface area contributed by atoms with Crippen LogP contribution >= 0.6 is 12.2 Å². The highest BCUT2D eigenvalue weighted by atomic mass is 32.1. The van der Waals surface area contributed by atoms with Gasteiger partial charge in [-0.3, -0.25) is 0 Å². The standard InChI is InChI=1S/C20H28N2O3S/c1-5-6-7-12-24-16-10-8-15(9-11-16)18-17(19(23)25-13(2)3)14(4)21-20(26)22-18/h8-11,13,18H,5-7,12H2,1-4H3,(H2,21,22,26)/t18-/m1/s1. The average molecular weight is 377 g/mol. The van der Waals surface area contributed by atoms with E-state index >= 15 is 0 Å². The Hall–Kier alpha value is -2.08. The van der Waals surface area contributed by atoms with Crippen LogP contribution in [0, 0.1) is 0 Å². The molecule has 0 saturated heterocycles. The van der Waals surface area contributed by atoms with Crippen molar-refractivity contribution in [2.45, 2.75) is 59.1 Å². The molecular formula is C20H28N2O3S. The van der Waals surface area contributed by atoms with E-state index in [1.54, 1.807) is 0 Å². The Bertz CT molecular complexity index is 668. The number of hydrogen-bond acceptors (Lipinski definition) is 4. The van der Waals surface area contributed by atoms with Gasteiger partial charge >= 0.3 is 5.97 Å². The summed E-state index contributed by atoms with van der Waals surface area (Å²) in [6, 6.07) is 7.42. The number of esters is 1. The first-order chi connectivity index (χ1) is 12.4. The number of ether oxygens (including phenoxy) is 2. The zero-order valence-corrected chi connectivity index (χ0v) is 16.7. The van der Waals surface area contributed by atoms with E-state index in [2.05, 4.69) is 17.6 Å². The number of allylic oxidation sites excluding steroid dienone is 1. The lowest BCUT2D eigenvalue weighted by molar-refractivity contribution is -0.143. The topological polar surface area (TPSA) is 59.6 Å². The van der Waals surface area contributed by atoms with E-state index in [4.69, 9.17) is 21.7 Å². The predicted molar refractivity (Wildman–Crippen MR) is 107 cm³/mol. The molecule has 0 bridgehead atoms. The molecule has 1 aliphatic heterocycles. The minimum atomic E-state index is -0.343. The molecule has 2 rings (SSSR count). The van der Waals surface area contributed by atoms with Gasteiger partial charge in [0.2, 0.25) is 0 Å². The van der Waals surface area contributed by atoms with Gasteiger partial charge in [-0.2, -0.15) is 0 Å². The van der Waals surface area contributed by atoms with E-state index in [1.165, 1.54) is 12.8 Å². The van der Waals surface area contributed by atoms with Gasteiger partial charge in [0.25, 0.3) is 0 Å². The van der Waals surface area contributed by atoms with Crippen molar-refractivity contribution < 1.29 is 14.3 Å². The molecule has 5 nitrogen and oxygen atoms in total. The molecule has 1 heterocycles. The molecule has 6 heteroatoms. The van der Waals surface area contributed by atoms with Crippen LogP contribution < -0.4 is 15.4 Å². The van der Waals surface area contributed by atoms with Gasteiger partial charge < -0.3 is 20.1 Å². The second-order valence-corrected chi connectivity index (χ2v) is 7.06. The first-order valence-electron chi connectivity index (χ1n) is 9.14. The summed E-state index contributed by atoms with van der Waals surface area (Å²) >= 11 is 5.26. The molecule has 0 saturated carbocycles. The van der Waals surface area contributed by atoms with E-state index < -0.39 is 0 Å². The Labute approximate surface area is 161 Å². The first-order valence-corrected chi connectivity index (χ1v) is 9.55. The van der Waals surface area contributed by atoms with Crippen LogP contribution in [0.25, 0.3) is 0 Å². The third kappa shape index (κ3) is 5.46. The maximum atomic E-state index is 12.6. The van der Waals surface area contributed by atoms with Gasteiger partial charge in [-0.25, -0.2) is 4.79 Å². The van der Waals surface area contributed by atoms with Crippen LogP contribution in [0.5, 0.6) is 5.75 Å². The van der Waals surface area contributed by atoms with E-state index in [0.717, 1.165) is 17.7 Å². The highest BCUT2D eigenvalue weighted by Crippen LogP contribution is 2.29. The summed E-state index contributed by atoms with van der Waals surface area (Å²) in [6.07, 6.45) is 3.20. The molecule has 1 aromatic rings. The minimum absolute atomic E-state index is 0.184. The second-order valence-electron chi connectivity index (χ2n) is 6.65. The van der Waals surface area contributed by atoms with Gasteiger partial charge in [0, 0.05) is 5.70 Å². The first kappa shape index (κ1) is 20.2. The zero-order chi connectivity index (χ0) is 19.1. The van der Waals surface area contributed by atoms with Crippen LogP contribution in [0.1, 0.15) is 58.6 Å². The van der Waals surface area contributed by atoms with Gasteiger partial charge in [-0.15, -0.1) is 0 Å². The summed E-state index contributed by atoms with van der Waals surface area (Å²) in [4.78, 5) is 12.6. The van der Waals surface area contributed by atoms with E-state index in [0.29, 0.717) is 23.0 Å². The molecule has 0 fully saturated rings. The fraction of sp³-hybridized carbons (Fsp3) is 0.500. The number of benzene rings is 1. The molecule has 0 unspecified atom stereocenters. The van der Waals surface area contributed by atoms with Gasteiger partial charge in [0.05, 0.1) is 24.3 Å². The maximum Gasteiger partial charge on any atom is 0.338 e. The van der Waals surface area contributed by atoms with Crippen molar-refractivity contribution in [2.75, 3.05) is 6.61 Å². The summed E-state index contributed by atoms with van der Waals surface area (Å²) in [5.74, 6) is 0.485. The van der Waals surface area contributed by atoms with Gasteiger partial charge in [0.1, 0.15) is 5.75 Å². The molecule has 2 N–H and O–H groups in total. The Morgan fingerprint density at radius 2 is 1.92 bits per heavy atom. The summed E-state index contributed by atoms with van der Waals surface area (Å²) in [5, 5.41) is 6.67. The summed E-state index contributed by atoms with van der Waals surface area (Å²) in [5.41, 5.74) is 2.19. The van der Waals surface area contributed by atoms with Crippen LogP contribution in [0.15, 0.2) is 35.5 Å². The van der Waals surface area contributed by atoms with Crippen molar-refractivity contribution in [2.24, 2.45) is 0 Å². The molecule has 0 aromatic heterocycles. The smallest absolute Gasteiger partial charge is 0.338 e. The monoisotopic (exact) mass is 376 g/mol. The molecule has 1 aromatic carbocycles. The molecule has 1 aliphatic rings. The maximum absolute atomic E-state index is 12.6. The molecule has 142 valence electrons. The summed E-state index contributed by atoms with van der Waals surface area (Å²) in [6.45, 7) is 8.39. The highest BCUT2D eigenvalue weighted by Gasteiger charge is 2.31. The van der Waals surface area contributed by atoms with Crippen molar-refractivity contribution >= 4 is 23.3 Å². The third-order valence-corrected chi connectivity index (χ3v) is 4.28. The summed E-state index contributed by atoms with van der Waals surface area (Å²) < 4.78 is 11.2. The average Bonchev–Trinajstić information content (AvgIpc) is 2.58. The molecule has 0 spiro atoms. The van der Waals surface area contributed by atoms with Crippen LogP contribution in [-0.4, -0.2) is 23.8 Å². The van der Waals surface area contributed by atoms with Crippen LogP contribution in [0.2, 0.25) is 0 Å². The van der Waals surface area contributed by atoms with Crippen molar-refractivity contribution in [3.8, 4) is 5.75 Å². The van der Waals surface area contributed by atoms with E-state index in [-0.39, 0.29) is 18.1 Å². The van der Waals surface area contributed by atoms with Crippen molar-refractivity contribution in [3.05, 3.63) is 41.1 Å². The third-order valence-electron chi connectivity index (χ3n) is 4.06. The van der Waals surface area contributed by atoms with E-state index in [9.17, 15) is 4.79 Å². The van der Waals surface area contributed by atoms with Crippen LogP contribution in [-0.2, 0) is 9.53 Å². The molecule has 0 amide bonds. The van der Waals surface area contributed by atoms with Crippen LogP contribution in [0.3, 0.4) is 0 Å². The normalized spacial score (nSPS) is 17.0. The second kappa shape index (κ2) is 9.57. The predicted octanol–water partition coefficient (Wildman–Crippen LogP) is 4.00. The molecule has 0 radical (unpaired) electrons. The Morgan fingerprint density at radius 3 is 2.54 bits per heavy atom. The minimum Gasteiger partial charge on any atom is -0.494 e. The molecule has 0 aliphatic carbocycles. The van der Waals surface area contributed by atoms with Gasteiger partial charge in [0.15, 0.2) is 5.11 Å². The van der Waals surface area contributed by atoms with Crippen molar-refractivity contribution in [1.82, 2.24) is 10.6 Å². The number of rotatable bonds is 8. The molecular weight excluding hydrogens is 348 g/mol. The summed E-state index contributed by atoms with van der Waals surface area (Å²) in [7, 11) is 0. The number of thiocarbonyl (C=S) groups is 1. The van der Waals surface area contributed by atoms with Gasteiger partial charge in [-0.1, -0.05) is 31.9 Å². The SMILES string of the molecule is CCCCCOc1ccc([C@H]2NC(=S)NC(C)=C2C(=O)OC(C)C)cc1. The number of carbonyl (C=O) groups excluding carboxylic acids is 1. The fourth-order valence-electron chi connectivity index (χ4n) is 2.79. The molecule has 1 atom stereocenters. The quantitative estimate of drug-likeness (QED) is 0.406. The fourth-order valence-corrected chi connectivity index (χ4v) is 3.06.